The highest BCUT2D eigenvalue weighted by Crippen LogP contribution is 2.33. The summed E-state index contributed by atoms with van der Waals surface area (Å²) in [6, 6.07) is 0. The van der Waals surface area contributed by atoms with Gasteiger partial charge in [-0.3, -0.25) is 28.7 Å². The molecular formula is C15H17BrN2O9. The Morgan fingerprint density at radius 3 is 2.26 bits per heavy atom. The molecule has 1 N–H and O–H groups in total. The van der Waals surface area contributed by atoms with Crippen molar-refractivity contribution in [2.75, 3.05) is 6.61 Å². The Bertz CT molecular complexity index is 862. The highest BCUT2D eigenvalue weighted by atomic mass is 79.9. The second-order valence-corrected chi connectivity index (χ2v) is 6.51. The molecule has 11 nitrogen and oxygen atoms in total. The lowest BCUT2D eigenvalue weighted by Gasteiger charge is -2.23. The highest BCUT2D eigenvalue weighted by Gasteiger charge is 2.51. The standard InChI is InChI=1S/C15H17BrN2O9/c1-6(19)24-5-10-11(25-7(2)20)12(26-8(3)21)14(27-10)18-4-9(16)13(22)17-15(18)23/h4,10-12,14H,5H2,1-3H3,(H,17,22,23)/t10-,11+,12+,14-/m1/s1. The number of hydrogen-bond donors (Lipinski definition) is 1. The molecule has 4 atom stereocenters. The van der Waals surface area contributed by atoms with E-state index in [9.17, 15) is 24.0 Å². The third kappa shape index (κ3) is 5.04. The Morgan fingerprint density at radius 2 is 1.70 bits per heavy atom. The number of carbonyl (C=O) groups is 3. The van der Waals surface area contributed by atoms with Crippen LogP contribution in [0.2, 0.25) is 0 Å². The minimum Gasteiger partial charge on any atom is -0.463 e. The normalized spacial score (nSPS) is 24.3. The van der Waals surface area contributed by atoms with Gasteiger partial charge in [0.25, 0.3) is 5.56 Å². The van der Waals surface area contributed by atoms with Gasteiger partial charge in [0.1, 0.15) is 12.7 Å². The highest BCUT2D eigenvalue weighted by molar-refractivity contribution is 9.10. The number of nitrogens with one attached hydrogen (secondary N) is 1. The van der Waals surface area contributed by atoms with Gasteiger partial charge in [-0.25, -0.2) is 4.79 Å². The van der Waals surface area contributed by atoms with Gasteiger partial charge < -0.3 is 18.9 Å². The van der Waals surface area contributed by atoms with Crippen molar-refractivity contribution in [1.29, 1.82) is 0 Å². The van der Waals surface area contributed by atoms with E-state index in [4.69, 9.17) is 18.9 Å². The summed E-state index contributed by atoms with van der Waals surface area (Å²) in [5.74, 6) is -2.00. The molecule has 1 aromatic heterocycles. The number of ether oxygens (including phenoxy) is 4. The Balaban J connectivity index is 2.47. The first-order valence-electron chi connectivity index (χ1n) is 7.74. The predicted molar refractivity (Wildman–Crippen MR) is 90.7 cm³/mol. The van der Waals surface area contributed by atoms with Crippen molar-refractivity contribution < 1.29 is 33.3 Å². The molecule has 148 valence electrons. The smallest absolute Gasteiger partial charge is 0.330 e. The Labute approximate surface area is 160 Å². The number of H-pyrrole nitrogens is 1. The van der Waals surface area contributed by atoms with Crippen LogP contribution in [-0.2, 0) is 33.3 Å². The van der Waals surface area contributed by atoms with Crippen molar-refractivity contribution in [1.82, 2.24) is 9.55 Å². The van der Waals surface area contributed by atoms with Crippen molar-refractivity contribution in [3.63, 3.8) is 0 Å². The molecule has 1 aliphatic heterocycles. The number of aromatic nitrogens is 2. The zero-order valence-corrected chi connectivity index (χ0v) is 16.2. The number of hydrogen-bond acceptors (Lipinski definition) is 9. The van der Waals surface area contributed by atoms with Gasteiger partial charge >= 0.3 is 23.6 Å². The van der Waals surface area contributed by atoms with E-state index >= 15 is 0 Å². The zero-order valence-electron chi connectivity index (χ0n) is 14.6. The van der Waals surface area contributed by atoms with Crippen LogP contribution in [-0.4, -0.2) is 52.4 Å². The molecule has 0 bridgehead atoms. The van der Waals surface area contributed by atoms with Gasteiger partial charge in [0.15, 0.2) is 18.4 Å². The van der Waals surface area contributed by atoms with Gasteiger partial charge in [-0.05, 0) is 15.9 Å². The minimum atomic E-state index is -1.24. The molecule has 27 heavy (non-hydrogen) atoms. The molecule has 0 saturated carbocycles. The van der Waals surface area contributed by atoms with Gasteiger partial charge in [0, 0.05) is 27.0 Å². The molecule has 2 heterocycles. The van der Waals surface area contributed by atoms with Gasteiger partial charge in [-0.15, -0.1) is 0 Å². The number of rotatable bonds is 5. The predicted octanol–water partition coefficient (Wildman–Crippen LogP) is -0.377. The van der Waals surface area contributed by atoms with E-state index in [1.54, 1.807) is 0 Å². The Hall–Kier alpha value is -2.47. The second kappa shape index (κ2) is 8.48. The molecule has 2 rings (SSSR count). The van der Waals surface area contributed by atoms with Crippen molar-refractivity contribution in [3.8, 4) is 0 Å². The van der Waals surface area contributed by atoms with Crippen LogP contribution in [0.15, 0.2) is 20.3 Å². The van der Waals surface area contributed by atoms with E-state index in [1.807, 2.05) is 0 Å². The average molecular weight is 449 g/mol. The first-order chi connectivity index (χ1) is 12.6. The lowest BCUT2D eigenvalue weighted by atomic mass is 10.1. The van der Waals surface area contributed by atoms with Gasteiger partial charge in [0.05, 0.1) is 4.47 Å². The first kappa shape index (κ1) is 20.8. The third-order valence-electron chi connectivity index (χ3n) is 3.54. The molecule has 0 aromatic carbocycles. The summed E-state index contributed by atoms with van der Waals surface area (Å²) in [7, 11) is 0. The Morgan fingerprint density at radius 1 is 1.11 bits per heavy atom. The quantitative estimate of drug-likeness (QED) is 0.470. The number of nitrogens with zero attached hydrogens (tertiary/aromatic N) is 1. The topological polar surface area (TPSA) is 143 Å². The zero-order chi connectivity index (χ0) is 20.3. The minimum absolute atomic E-state index is 0.0275. The van der Waals surface area contributed by atoms with Crippen LogP contribution >= 0.6 is 15.9 Å². The maximum absolute atomic E-state index is 12.2. The van der Waals surface area contributed by atoms with E-state index in [0.717, 1.165) is 24.6 Å². The lowest BCUT2D eigenvalue weighted by molar-refractivity contribution is -0.166. The number of aromatic amines is 1. The summed E-state index contributed by atoms with van der Waals surface area (Å²) in [6.45, 7) is 3.15. The number of esters is 3. The van der Waals surface area contributed by atoms with E-state index < -0.39 is 53.7 Å². The average Bonchev–Trinajstić information content (AvgIpc) is 2.85. The van der Waals surface area contributed by atoms with E-state index in [0.29, 0.717) is 0 Å². The molecule has 0 amide bonds. The summed E-state index contributed by atoms with van der Waals surface area (Å²) in [4.78, 5) is 59.9. The van der Waals surface area contributed by atoms with E-state index in [-0.39, 0.29) is 11.1 Å². The molecule has 1 saturated heterocycles. The summed E-state index contributed by atoms with van der Waals surface area (Å²) in [5.41, 5.74) is -1.49. The molecule has 0 spiro atoms. The van der Waals surface area contributed by atoms with Gasteiger partial charge in [-0.1, -0.05) is 0 Å². The first-order valence-corrected chi connectivity index (χ1v) is 8.53. The maximum Gasteiger partial charge on any atom is 0.330 e. The van der Waals surface area contributed by atoms with Gasteiger partial charge in [0.2, 0.25) is 0 Å². The molecule has 1 fully saturated rings. The molecule has 0 aliphatic carbocycles. The van der Waals surface area contributed by atoms with Crippen LogP contribution < -0.4 is 11.2 Å². The van der Waals surface area contributed by atoms with Gasteiger partial charge in [-0.2, -0.15) is 0 Å². The van der Waals surface area contributed by atoms with Crippen molar-refractivity contribution in [2.45, 2.75) is 45.3 Å². The molecule has 0 radical (unpaired) electrons. The van der Waals surface area contributed by atoms with Crippen LogP contribution in [0.1, 0.15) is 27.0 Å². The maximum atomic E-state index is 12.2. The SMILES string of the molecule is CC(=O)OC[C@H]1O[C@@H](n2cc(Br)c(=O)[nH]c2=O)[C@@H](OC(C)=O)[C@H]1OC(C)=O. The molecular weight excluding hydrogens is 432 g/mol. The van der Waals surface area contributed by atoms with Crippen molar-refractivity contribution in [2.24, 2.45) is 0 Å². The van der Waals surface area contributed by atoms with Crippen LogP contribution in [0, 0.1) is 0 Å². The fourth-order valence-electron chi connectivity index (χ4n) is 2.57. The number of carbonyl (C=O) groups excluding carboxylic acids is 3. The summed E-state index contributed by atoms with van der Waals surface area (Å²) < 4.78 is 22.0. The molecule has 1 aromatic rings. The summed E-state index contributed by atoms with van der Waals surface area (Å²) in [6.07, 6.45) is -3.46. The molecule has 1 aliphatic rings. The van der Waals surface area contributed by atoms with Crippen molar-refractivity contribution >= 4 is 33.8 Å². The monoisotopic (exact) mass is 448 g/mol. The summed E-state index contributed by atoms with van der Waals surface area (Å²) >= 11 is 3.00. The van der Waals surface area contributed by atoms with Crippen molar-refractivity contribution in [3.05, 3.63) is 31.5 Å². The fourth-order valence-corrected chi connectivity index (χ4v) is 2.89. The van der Waals surface area contributed by atoms with Crippen LogP contribution in [0.4, 0.5) is 0 Å². The van der Waals surface area contributed by atoms with E-state index in [2.05, 4.69) is 20.9 Å². The second-order valence-electron chi connectivity index (χ2n) is 5.66. The molecule has 0 unspecified atom stereocenters. The van der Waals surface area contributed by atoms with Crippen LogP contribution in [0.5, 0.6) is 0 Å². The Kier molecular flexibility index (Phi) is 6.54. The van der Waals surface area contributed by atoms with Crippen LogP contribution in [0.3, 0.4) is 0 Å². The fraction of sp³-hybridized carbons (Fsp3) is 0.533. The number of halogens is 1. The van der Waals surface area contributed by atoms with E-state index in [1.165, 1.54) is 6.92 Å². The largest absolute Gasteiger partial charge is 0.463 e. The van der Waals surface area contributed by atoms with Crippen LogP contribution in [0.25, 0.3) is 0 Å². The summed E-state index contributed by atoms with van der Waals surface area (Å²) in [5, 5.41) is 0. The third-order valence-corrected chi connectivity index (χ3v) is 4.10. The molecule has 12 heteroatoms. The lowest BCUT2D eigenvalue weighted by Crippen LogP contribution is -2.42.